The van der Waals surface area contributed by atoms with Crippen molar-refractivity contribution in [2.75, 3.05) is 20.8 Å². The van der Waals surface area contributed by atoms with Gasteiger partial charge >= 0.3 is 0 Å². The Morgan fingerprint density at radius 2 is 1.68 bits per heavy atom. The van der Waals surface area contributed by atoms with E-state index in [2.05, 4.69) is 51.8 Å². The summed E-state index contributed by atoms with van der Waals surface area (Å²) in [6.45, 7) is 4.07. The maximum Gasteiger partial charge on any atom is 0.261 e. The van der Waals surface area contributed by atoms with Gasteiger partial charge in [0, 0.05) is 29.5 Å². The third-order valence-corrected chi connectivity index (χ3v) is 5.78. The van der Waals surface area contributed by atoms with Crippen molar-refractivity contribution in [3.05, 3.63) is 82.1 Å². The van der Waals surface area contributed by atoms with Gasteiger partial charge in [-0.2, -0.15) is 0 Å². The SMILES string of the molecule is CCCCN(Cc1cccn1Cc1ccc(Br)cc1)C(=O)c1c(OC)cccc1OC. The van der Waals surface area contributed by atoms with E-state index in [9.17, 15) is 4.79 Å². The summed E-state index contributed by atoms with van der Waals surface area (Å²) >= 11 is 3.48. The van der Waals surface area contributed by atoms with Gasteiger partial charge in [0.2, 0.25) is 0 Å². The van der Waals surface area contributed by atoms with E-state index in [0.717, 1.165) is 29.6 Å². The molecule has 0 atom stereocenters. The van der Waals surface area contributed by atoms with Crippen molar-refractivity contribution in [3.63, 3.8) is 0 Å². The molecule has 0 aliphatic carbocycles. The molecule has 0 radical (unpaired) electrons. The molecule has 0 fully saturated rings. The quantitative estimate of drug-likeness (QED) is 0.367. The lowest BCUT2D eigenvalue weighted by Crippen LogP contribution is -2.33. The van der Waals surface area contributed by atoms with Crippen molar-refractivity contribution in [1.82, 2.24) is 9.47 Å². The summed E-state index contributed by atoms with van der Waals surface area (Å²) in [6, 6.07) is 17.8. The van der Waals surface area contributed by atoms with Crippen molar-refractivity contribution in [3.8, 4) is 11.5 Å². The highest BCUT2D eigenvalue weighted by atomic mass is 79.9. The first kappa shape index (κ1) is 22.9. The van der Waals surface area contributed by atoms with Crippen LogP contribution in [-0.2, 0) is 13.1 Å². The Hall–Kier alpha value is -2.73. The fourth-order valence-corrected chi connectivity index (χ4v) is 3.82. The van der Waals surface area contributed by atoms with Crippen LogP contribution in [0.4, 0.5) is 0 Å². The number of methoxy groups -OCH3 is 2. The molecule has 3 aromatic rings. The molecule has 0 bridgehead atoms. The molecule has 3 rings (SSSR count). The molecule has 0 spiro atoms. The Morgan fingerprint density at radius 3 is 2.29 bits per heavy atom. The molecular formula is C25H29BrN2O3. The normalized spacial score (nSPS) is 10.7. The number of aromatic nitrogens is 1. The molecule has 1 heterocycles. The van der Waals surface area contributed by atoms with Crippen LogP contribution in [0.5, 0.6) is 11.5 Å². The first-order chi connectivity index (χ1) is 15.1. The van der Waals surface area contributed by atoms with Crippen LogP contribution in [0.1, 0.15) is 41.4 Å². The molecule has 164 valence electrons. The summed E-state index contributed by atoms with van der Waals surface area (Å²) in [5.41, 5.74) is 2.76. The minimum Gasteiger partial charge on any atom is -0.496 e. The number of nitrogens with zero attached hydrogens (tertiary/aromatic N) is 2. The van der Waals surface area contributed by atoms with Gasteiger partial charge in [0.25, 0.3) is 5.91 Å². The molecule has 5 nitrogen and oxygen atoms in total. The number of benzene rings is 2. The van der Waals surface area contributed by atoms with Gasteiger partial charge in [0.15, 0.2) is 0 Å². The third-order valence-electron chi connectivity index (χ3n) is 5.25. The van der Waals surface area contributed by atoms with Crippen LogP contribution in [0.25, 0.3) is 0 Å². The van der Waals surface area contributed by atoms with Crippen molar-refractivity contribution < 1.29 is 14.3 Å². The zero-order valence-corrected chi connectivity index (χ0v) is 19.9. The summed E-state index contributed by atoms with van der Waals surface area (Å²) in [5.74, 6) is 0.964. The lowest BCUT2D eigenvalue weighted by Gasteiger charge is -2.25. The summed E-state index contributed by atoms with van der Waals surface area (Å²) in [4.78, 5) is 15.5. The van der Waals surface area contributed by atoms with E-state index in [1.807, 2.05) is 29.2 Å². The van der Waals surface area contributed by atoms with Crippen LogP contribution >= 0.6 is 15.9 Å². The molecule has 2 aromatic carbocycles. The van der Waals surface area contributed by atoms with E-state index in [0.29, 0.717) is 30.2 Å². The lowest BCUT2D eigenvalue weighted by atomic mass is 10.1. The highest BCUT2D eigenvalue weighted by molar-refractivity contribution is 9.10. The van der Waals surface area contributed by atoms with Gasteiger partial charge in [-0.25, -0.2) is 0 Å². The number of hydrogen-bond acceptors (Lipinski definition) is 3. The Morgan fingerprint density at radius 1 is 1.00 bits per heavy atom. The Balaban J connectivity index is 1.87. The predicted molar refractivity (Wildman–Crippen MR) is 127 cm³/mol. The molecule has 6 heteroatoms. The minimum absolute atomic E-state index is 0.0841. The van der Waals surface area contributed by atoms with Crippen LogP contribution in [0, 0.1) is 0 Å². The number of halogens is 1. The van der Waals surface area contributed by atoms with Gasteiger partial charge in [-0.3, -0.25) is 4.79 Å². The highest BCUT2D eigenvalue weighted by Gasteiger charge is 2.24. The van der Waals surface area contributed by atoms with Crippen molar-refractivity contribution in [2.45, 2.75) is 32.9 Å². The maximum atomic E-state index is 13.6. The summed E-state index contributed by atoms with van der Waals surface area (Å²) in [5, 5.41) is 0. The topological polar surface area (TPSA) is 43.7 Å². The second-order valence-corrected chi connectivity index (χ2v) is 8.29. The Labute approximate surface area is 192 Å². The fourth-order valence-electron chi connectivity index (χ4n) is 3.55. The minimum atomic E-state index is -0.0841. The first-order valence-corrected chi connectivity index (χ1v) is 11.2. The van der Waals surface area contributed by atoms with E-state index < -0.39 is 0 Å². The van der Waals surface area contributed by atoms with E-state index in [1.54, 1.807) is 26.4 Å². The van der Waals surface area contributed by atoms with Gasteiger partial charge in [0.05, 0.1) is 20.8 Å². The zero-order chi connectivity index (χ0) is 22.2. The molecule has 0 saturated heterocycles. The molecular weight excluding hydrogens is 456 g/mol. The Bertz CT molecular complexity index is 976. The molecule has 0 aliphatic rings. The molecule has 0 N–H and O–H groups in total. The second kappa shape index (κ2) is 11.0. The van der Waals surface area contributed by atoms with Gasteiger partial charge in [0.1, 0.15) is 17.1 Å². The van der Waals surface area contributed by atoms with Crippen LogP contribution in [0.15, 0.2) is 65.3 Å². The summed E-state index contributed by atoms with van der Waals surface area (Å²) < 4.78 is 14.2. The molecule has 0 unspecified atom stereocenters. The van der Waals surface area contributed by atoms with Crippen LogP contribution < -0.4 is 9.47 Å². The number of unbranched alkanes of at least 4 members (excludes halogenated alkanes) is 1. The van der Waals surface area contributed by atoms with Crippen LogP contribution in [0.2, 0.25) is 0 Å². The van der Waals surface area contributed by atoms with Crippen molar-refractivity contribution >= 4 is 21.8 Å². The number of carbonyl (C=O) groups is 1. The number of rotatable bonds is 10. The summed E-state index contributed by atoms with van der Waals surface area (Å²) in [7, 11) is 3.15. The van der Waals surface area contributed by atoms with Crippen LogP contribution in [0.3, 0.4) is 0 Å². The smallest absolute Gasteiger partial charge is 0.261 e. The molecule has 1 amide bonds. The predicted octanol–water partition coefficient (Wildman–Crippen LogP) is 5.76. The van der Waals surface area contributed by atoms with Gasteiger partial charge in [-0.1, -0.05) is 47.5 Å². The fraction of sp³-hybridized carbons (Fsp3) is 0.320. The molecule has 0 saturated carbocycles. The Kier molecular flexibility index (Phi) is 8.18. The lowest BCUT2D eigenvalue weighted by molar-refractivity contribution is 0.0730. The summed E-state index contributed by atoms with van der Waals surface area (Å²) in [6.07, 6.45) is 3.99. The molecule has 1 aromatic heterocycles. The van der Waals surface area contributed by atoms with Gasteiger partial charge < -0.3 is 18.9 Å². The van der Waals surface area contributed by atoms with Crippen molar-refractivity contribution in [1.29, 1.82) is 0 Å². The average molecular weight is 485 g/mol. The third kappa shape index (κ3) is 5.70. The van der Waals surface area contributed by atoms with E-state index >= 15 is 0 Å². The van der Waals surface area contributed by atoms with Gasteiger partial charge in [-0.05, 0) is 48.4 Å². The zero-order valence-electron chi connectivity index (χ0n) is 18.3. The molecule has 31 heavy (non-hydrogen) atoms. The average Bonchev–Trinajstić information content (AvgIpc) is 3.23. The van der Waals surface area contributed by atoms with Crippen molar-refractivity contribution in [2.24, 2.45) is 0 Å². The molecule has 0 aliphatic heterocycles. The number of ether oxygens (including phenoxy) is 2. The number of carbonyl (C=O) groups excluding carboxylic acids is 1. The number of amides is 1. The second-order valence-electron chi connectivity index (χ2n) is 7.37. The highest BCUT2D eigenvalue weighted by Crippen LogP contribution is 2.30. The van der Waals surface area contributed by atoms with Crippen LogP contribution in [-0.4, -0.2) is 36.1 Å². The maximum absolute atomic E-state index is 13.6. The van der Waals surface area contributed by atoms with E-state index in [1.165, 1.54) is 5.56 Å². The van der Waals surface area contributed by atoms with Gasteiger partial charge in [-0.15, -0.1) is 0 Å². The first-order valence-electron chi connectivity index (χ1n) is 10.5. The monoisotopic (exact) mass is 484 g/mol. The standard InChI is InChI=1S/C25H29BrN2O3/c1-4-5-15-28(25(29)24-22(30-2)9-6-10-23(24)31-3)18-21-8-7-16-27(21)17-19-11-13-20(26)14-12-19/h6-14,16H,4-5,15,17-18H2,1-3H3. The number of hydrogen-bond donors (Lipinski definition) is 0. The van der Waals surface area contributed by atoms with E-state index in [4.69, 9.17) is 9.47 Å². The van der Waals surface area contributed by atoms with E-state index in [-0.39, 0.29) is 5.91 Å². The largest absolute Gasteiger partial charge is 0.496 e.